The molecule has 146 valence electrons. The molecule has 4 N–H and O–H groups in total. The van der Waals surface area contributed by atoms with Gasteiger partial charge >= 0.3 is 7.60 Å². The number of hydrogen-bond donors (Lipinski definition) is 3. The number of nitrogens with one attached hydrogen (secondary N) is 1. The third-order valence-electron chi connectivity index (χ3n) is 3.04. The zero-order chi connectivity index (χ0) is 19.4. The maximum absolute atomic E-state index is 11.4. The number of hydrogen-bond acceptors (Lipinski definition) is 7. The SMILES string of the molecule is CCC[N+](C)(C)CCC(=O)NCP(=O)([O-])OC.COP(=O)(O)CN. The normalized spacial score (nSPS) is 16.3. The minimum absolute atomic E-state index is 0.263. The van der Waals surface area contributed by atoms with Gasteiger partial charge < -0.3 is 38.9 Å². The van der Waals surface area contributed by atoms with Gasteiger partial charge in [0.25, 0.3) is 0 Å². The van der Waals surface area contributed by atoms with Gasteiger partial charge in [0.05, 0.1) is 46.2 Å². The van der Waals surface area contributed by atoms with Crippen LogP contribution in [0.3, 0.4) is 0 Å². The summed E-state index contributed by atoms with van der Waals surface area (Å²) in [5, 5.41) is 2.34. The van der Waals surface area contributed by atoms with Crippen molar-refractivity contribution in [3.63, 3.8) is 0 Å². The predicted octanol–water partition coefficient (Wildman–Crippen LogP) is -0.129. The molecule has 10 nitrogen and oxygen atoms in total. The molecule has 0 aliphatic carbocycles. The van der Waals surface area contributed by atoms with Gasteiger partial charge in [0.1, 0.15) is 0 Å². The Kier molecular flexibility index (Phi) is 13.1. The molecule has 0 aromatic heterocycles. The highest BCUT2D eigenvalue weighted by atomic mass is 31.2. The standard InChI is InChI=1S/C10H23N2O4P.C2H8NO3P/c1-5-7-12(2,3)8-6-10(13)11-9-17(14,15)16-4;1-6-7(4,5)2-3/h5-9H2,1-4H3,(H-,11,13,14,15);2-3H2,1H3,(H,4,5). The Morgan fingerprint density at radius 3 is 2.12 bits per heavy atom. The van der Waals surface area contributed by atoms with E-state index in [9.17, 15) is 18.8 Å². The van der Waals surface area contributed by atoms with Crippen molar-refractivity contribution in [2.75, 3.05) is 54.0 Å². The molecule has 0 aliphatic rings. The highest BCUT2D eigenvalue weighted by Gasteiger charge is 2.16. The molecule has 0 bridgehead atoms. The molecule has 0 rings (SSSR count). The molecule has 0 saturated carbocycles. The molecule has 0 saturated heterocycles. The van der Waals surface area contributed by atoms with E-state index in [1.54, 1.807) is 0 Å². The largest absolute Gasteiger partial charge is 0.777 e. The highest BCUT2D eigenvalue weighted by molar-refractivity contribution is 7.52. The summed E-state index contributed by atoms with van der Waals surface area (Å²) in [6, 6.07) is 0. The van der Waals surface area contributed by atoms with Gasteiger partial charge in [0.2, 0.25) is 5.91 Å². The van der Waals surface area contributed by atoms with Crippen LogP contribution in [0.25, 0.3) is 0 Å². The van der Waals surface area contributed by atoms with Gasteiger partial charge in [-0.15, -0.1) is 0 Å². The number of rotatable bonds is 10. The number of carbonyl (C=O) groups is 1. The maximum Gasteiger partial charge on any atom is 0.341 e. The Hall–Kier alpha value is -0.310. The van der Waals surface area contributed by atoms with Gasteiger partial charge in [0, 0.05) is 14.2 Å². The molecule has 0 radical (unpaired) electrons. The molecule has 2 unspecified atom stereocenters. The van der Waals surface area contributed by atoms with E-state index in [-0.39, 0.29) is 12.2 Å². The van der Waals surface area contributed by atoms with Crippen molar-refractivity contribution in [2.24, 2.45) is 5.73 Å². The molecular formula is C12H31N3O7P2. The summed E-state index contributed by atoms with van der Waals surface area (Å²) in [4.78, 5) is 30.8. The second kappa shape index (κ2) is 12.1. The van der Waals surface area contributed by atoms with E-state index in [1.807, 2.05) is 14.1 Å². The highest BCUT2D eigenvalue weighted by Crippen LogP contribution is 2.37. The monoisotopic (exact) mass is 391 g/mol. The number of nitrogens with zero attached hydrogens (tertiary/aromatic N) is 1. The van der Waals surface area contributed by atoms with Crippen molar-refractivity contribution in [2.45, 2.75) is 19.8 Å². The van der Waals surface area contributed by atoms with Crippen LogP contribution in [-0.4, -0.2) is 69.3 Å². The second-order valence-corrected chi connectivity index (χ2v) is 9.60. The molecule has 0 aromatic rings. The summed E-state index contributed by atoms with van der Waals surface area (Å²) in [6.07, 6.45) is 0.609. The molecule has 0 aliphatic heterocycles. The number of quaternary nitrogens is 1. The lowest BCUT2D eigenvalue weighted by Gasteiger charge is -2.29. The van der Waals surface area contributed by atoms with Gasteiger partial charge in [-0.05, 0) is 6.42 Å². The molecule has 2 atom stereocenters. The zero-order valence-corrected chi connectivity index (χ0v) is 16.8. The van der Waals surface area contributed by atoms with Crippen LogP contribution < -0.4 is 15.9 Å². The van der Waals surface area contributed by atoms with Crippen LogP contribution in [0.1, 0.15) is 19.8 Å². The third-order valence-corrected chi connectivity index (χ3v) is 5.17. The molecular weight excluding hydrogens is 360 g/mol. The van der Waals surface area contributed by atoms with Gasteiger partial charge in [-0.1, -0.05) is 6.92 Å². The average molecular weight is 391 g/mol. The zero-order valence-electron chi connectivity index (χ0n) is 15.1. The van der Waals surface area contributed by atoms with Crippen molar-refractivity contribution in [1.29, 1.82) is 0 Å². The van der Waals surface area contributed by atoms with E-state index in [0.717, 1.165) is 31.7 Å². The van der Waals surface area contributed by atoms with Gasteiger partial charge in [-0.3, -0.25) is 9.36 Å². The van der Waals surface area contributed by atoms with Gasteiger partial charge in [-0.25, -0.2) is 0 Å². The minimum atomic E-state index is -3.89. The van der Waals surface area contributed by atoms with E-state index < -0.39 is 21.5 Å². The van der Waals surface area contributed by atoms with Crippen molar-refractivity contribution in [1.82, 2.24) is 5.32 Å². The van der Waals surface area contributed by atoms with E-state index in [1.165, 1.54) is 0 Å². The maximum atomic E-state index is 11.4. The van der Waals surface area contributed by atoms with Crippen LogP contribution in [0.4, 0.5) is 0 Å². The first-order valence-corrected chi connectivity index (χ1v) is 10.9. The molecule has 24 heavy (non-hydrogen) atoms. The first-order chi connectivity index (χ1) is 10.8. The fourth-order valence-corrected chi connectivity index (χ4v) is 2.18. The van der Waals surface area contributed by atoms with E-state index in [4.69, 9.17) is 10.6 Å². The molecule has 1 amide bonds. The fourth-order valence-electron chi connectivity index (χ4n) is 1.53. The lowest BCUT2D eigenvalue weighted by atomic mass is 10.3. The molecule has 12 heteroatoms. The lowest BCUT2D eigenvalue weighted by molar-refractivity contribution is -0.889. The summed E-state index contributed by atoms with van der Waals surface area (Å²) in [7, 11) is -0.945. The molecule has 0 heterocycles. The molecule has 0 spiro atoms. The first kappa shape index (κ1) is 25.9. The van der Waals surface area contributed by atoms with Gasteiger partial charge in [0.15, 0.2) is 7.60 Å². The third kappa shape index (κ3) is 15.2. The summed E-state index contributed by atoms with van der Waals surface area (Å²) in [6.45, 7) is 3.77. The molecule has 0 aromatic carbocycles. The Labute approximate surface area is 144 Å². The Balaban J connectivity index is 0. The fraction of sp³-hybridized carbons (Fsp3) is 0.917. The van der Waals surface area contributed by atoms with Crippen molar-refractivity contribution in [3.8, 4) is 0 Å². The topological polar surface area (TPSA) is 151 Å². The van der Waals surface area contributed by atoms with E-state index in [0.29, 0.717) is 13.0 Å². The molecule has 0 fully saturated rings. The minimum Gasteiger partial charge on any atom is -0.777 e. The smallest absolute Gasteiger partial charge is 0.341 e. The number of nitrogens with two attached hydrogens (primary N) is 1. The summed E-state index contributed by atoms with van der Waals surface area (Å²) in [5.41, 5.74) is 4.78. The van der Waals surface area contributed by atoms with Crippen molar-refractivity contribution >= 4 is 21.1 Å². The van der Waals surface area contributed by atoms with E-state index in [2.05, 4.69) is 21.3 Å². The van der Waals surface area contributed by atoms with E-state index >= 15 is 0 Å². The Morgan fingerprint density at radius 2 is 1.79 bits per heavy atom. The second-order valence-electron chi connectivity index (χ2n) is 5.69. The van der Waals surface area contributed by atoms with Crippen molar-refractivity contribution < 1.29 is 37.2 Å². The summed E-state index contributed by atoms with van der Waals surface area (Å²) < 4.78 is 30.2. The van der Waals surface area contributed by atoms with Crippen LogP contribution in [0.2, 0.25) is 0 Å². The predicted molar refractivity (Wildman–Crippen MR) is 90.3 cm³/mol. The summed E-state index contributed by atoms with van der Waals surface area (Å²) in [5.74, 6) is -0.263. The summed E-state index contributed by atoms with van der Waals surface area (Å²) >= 11 is 0. The van der Waals surface area contributed by atoms with Crippen LogP contribution >= 0.6 is 15.2 Å². The Morgan fingerprint density at radius 1 is 1.25 bits per heavy atom. The average Bonchev–Trinajstić information content (AvgIpc) is 2.52. The first-order valence-electron chi connectivity index (χ1n) is 7.37. The number of carbonyl (C=O) groups excluding carboxylic acids is 1. The Bertz CT molecular complexity index is 452. The lowest BCUT2D eigenvalue weighted by Crippen LogP contribution is -2.43. The number of amides is 1. The van der Waals surface area contributed by atoms with Crippen LogP contribution in [-0.2, 0) is 23.0 Å². The van der Waals surface area contributed by atoms with Crippen LogP contribution in [0, 0.1) is 0 Å². The van der Waals surface area contributed by atoms with Crippen LogP contribution in [0.5, 0.6) is 0 Å². The quantitative estimate of drug-likeness (QED) is 0.344. The van der Waals surface area contributed by atoms with Crippen molar-refractivity contribution in [3.05, 3.63) is 0 Å². The van der Waals surface area contributed by atoms with Gasteiger partial charge in [-0.2, -0.15) is 0 Å². The van der Waals surface area contributed by atoms with Crippen LogP contribution in [0.15, 0.2) is 0 Å².